The van der Waals surface area contributed by atoms with Gasteiger partial charge in [-0.15, -0.1) is 0 Å². The molecule has 2 saturated heterocycles. The highest BCUT2D eigenvalue weighted by Crippen LogP contribution is 2.25. The first-order chi connectivity index (χ1) is 16.0. The fourth-order valence-corrected chi connectivity index (χ4v) is 5.30. The Bertz CT molecular complexity index is 1080. The van der Waals surface area contributed by atoms with E-state index >= 15 is 0 Å². The molecule has 0 spiro atoms. The number of rotatable bonds is 8. The highest BCUT2D eigenvalue weighted by atomic mass is 32.2. The second-order valence-electron chi connectivity index (χ2n) is 8.39. The van der Waals surface area contributed by atoms with Crippen LogP contribution in [-0.2, 0) is 27.8 Å². The van der Waals surface area contributed by atoms with Crippen LogP contribution in [0.5, 0.6) is 5.75 Å². The number of carbonyl (C=O) groups excluding carboxylic acids is 1. The fraction of sp³-hybridized carbons (Fsp3) is 0.458. The molecular weight excluding hydrogens is 442 g/mol. The summed E-state index contributed by atoms with van der Waals surface area (Å²) in [6.45, 7) is 5.13. The summed E-state index contributed by atoms with van der Waals surface area (Å²) in [5, 5.41) is 0. The van der Waals surface area contributed by atoms with Crippen molar-refractivity contribution < 1.29 is 22.7 Å². The van der Waals surface area contributed by atoms with Crippen molar-refractivity contribution in [2.75, 3.05) is 46.5 Å². The van der Waals surface area contributed by atoms with Crippen LogP contribution in [0.4, 0.5) is 0 Å². The molecular formula is C24H31N3O5S. The number of hydrogen-bond acceptors (Lipinski definition) is 6. The van der Waals surface area contributed by atoms with E-state index in [1.165, 1.54) is 43.7 Å². The molecule has 178 valence electrons. The second-order valence-corrected chi connectivity index (χ2v) is 10.2. The monoisotopic (exact) mass is 473 g/mol. The van der Waals surface area contributed by atoms with Crippen molar-refractivity contribution in [2.24, 2.45) is 0 Å². The molecule has 0 aliphatic carbocycles. The van der Waals surface area contributed by atoms with E-state index in [0.29, 0.717) is 32.1 Å². The van der Waals surface area contributed by atoms with Crippen LogP contribution in [0.1, 0.15) is 34.3 Å². The Kier molecular flexibility index (Phi) is 7.64. The molecule has 4 rings (SSSR count). The topological polar surface area (TPSA) is 88.2 Å². The summed E-state index contributed by atoms with van der Waals surface area (Å²) in [4.78, 5) is 17.1. The van der Waals surface area contributed by atoms with Crippen LogP contribution < -0.4 is 9.46 Å². The molecule has 0 atom stereocenters. The number of nitrogens with one attached hydrogen (secondary N) is 1. The predicted molar refractivity (Wildman–Crippen MR) is 125 cm³/mol. The van der Waals surface area contributed by atoms with Gasteiger partial charge in [-0.2, -0.15) is 0 Å². The van der Waals surface area contributed by atoms with Gasteiger partial charge in [0, 0.05) is 26.2 Å². The lowest BCUT2D eigenvalue weighted by atomic mass is 10.1. The van der Waals surface area contributed by atoms with Crippen molar-refractivity contribution in [1.29, 1.82) is 0 Å². The first-order valence-corrected chi connectivity index (χ1v) is 12.8. The van der Waals surface area contributed by atoms with Crippen LogP contribution in [-0.4, -0.2) is 70.6 Å². The van der Waals surface area contributed by atoms with E-state index in [9.17, 15) is 13.2 Å². The maximum atomic E-state index is 13.0. The molecule has 2 heterocycles. The maximum absolute atomic E-state index is 13.0. The Morgan fingerprint density at radius 3 is 2.48 bits per heavy atom. The molecule has 0 bridgehead atoms. The smallest absolute Gasteiger partial charge is 0.257 e. The van der Waals surface area contributed by atoms with Crippen molar-refractivity contribution in [3.63, 3.8) is 0 Å². The van der Waals surface area contributed by atoms with Crippen molar-refractivity contribution in [1.82, 2.24) is 14.5 Å². The molecule has 33 heavy (non-hydrogen) atoms. The summed E-state index contributed by atoms with van der Waals surface area (Å²) < 4.78 is 39.3. The number of methoxy groups -OCH3 is 1. The van der Waals surface area contributed by atoms with Gasteiger partial charge in [0.25, 0.3) is 5.91 Å². The van der Waals surface area contributed by atoms with E-state index in [4.69, 9.17) is 9.47 Å². The highest BCUT2D eigenvalue weighted by molar-refractivity contribution is 7.89. The third-order valence-corrected chi connectivity index (χ3v) is 7.47. The molecule has 2 aliphatic heterocycles. The minimum atomic E-state index is -3.82. The van der Waals surface area contributed by atoms with Gasteiger partial charge in [0.05, 0.1) is 30.8 Å². The van der Waals surface area contributed by atoms with Gasteiger partial charge in [-0.25, -0.2) is 13.1 Å². The molecule has 8 nitrogen and oxygen atoms in total. The molecule has 0 radical (unpaired) electrons. The molecule has 2 aliphatic rings. The minimum absolute atomic E-state index is 0.0353. The molecule has 0 saturated carbocycles. The largest absolute Gasteiger partial charge is 0.496 e. The number of morpholine rings is 1. The number of nitrogens with zero attached hydrogens (tertiary/aromatic N) is 2. The zero-order chi connectivity index (χ0) is 23.3. The van der Waals surface area contributed by atoms with Crippen molar-refractivity contribution in [2.45, 2.75) is 30.8 Å². The van der Waals surface area contributed by atoms with Crippen LogP contribution in [0.15, 0.2) is 47.4 Å². The zero-order valence-corrected chi connectivity index (χ0v) is 19.8. The summed E-state index contributed by atoms with van der Waals surface area (Å²) in [5.41, 5.74) is 2.31. The van der Waals surface area contributed by atoms with Crippen molar-refractivity contribution in [3.05, 3.63) is 59.2 Å². The van der Waals surface area contributed by atoms with E-state index in [1.807, 2.05) is 18.2 Å². The third kappa shape index (κ3) is 5.92. The van der Waals surface area contributed by atoms with E-state index in [0.717, 1.165) is 25.2 Å². The maximum Gasteiger partial charge on any atom is 0.257 e. The normalized spacial score (nSPS) is 17.3. The Labute approximate surface area is 195 Å². The molecule has 2 aromatic rings. The number of hydrogen-bond donors (Lipinski definition) is 1. The Morgan fingerprint density at radius 1 is 1.03 bits per heavy atom. The van der Waals surface area contributed by atoms with E-state index in [1.54, 1.807) is 4.90 Å². The first-order valence-electron chi connectivity index (χ1n) is 11.3. The molecule has 2 fully saturated rings. The number of sulfonamides is 1. The lowest BCUT2D eigenvalue weighted by Gasteiger charge is -2.27. The summed E-state index contributed by atoms with van der Waals surface area (Å²) >= 11 is 0. The minimum Gasteiger partial charge on any atom is -0.496 e. The third-order valence-electron chi connectivity index (χ3n) is 6.07. The van der Waals surface area contributed by atoms with Gasteiger partial charge in [-0.05, 0) is 55.3 Å². The first kappa shape index (κ1) is 23.7. The average Bonchev–Trinajstić information content (AvgIpc) is 3.36. The zero-order valence-electron chi connectivity index (χ0n) is 19.0. The average molecular weight is 474 g/mol. The van der Waals surface area contributed by atoms with Crippen molar-refractivity contribution >= 4 is 15.9 Å². The summed E-state index contributed by atoms with van der Waals surface area (Å²) in [7, 11) is -2.35. The summed E-state index contributed by atoms with van der Waals surface area (Å²) in [6, 6.07) is 12.4. The lowest BCUT2D eigenvalue weighted by molar-refractivity contribution is 0.0300. The van der Waals surface area contributed by atoms with E-state index in [2.05, 4.69) is 15.7 Å². The summed E-state index contributed by atoms with van der Waals surface area (Å²) in [6.07, 6.45) is 2.47. The Morgan fingerprint density at radius 2 is 1.76 bits per heavy atom. The van der Waals surface area contributed by atoms with Gasteiger partial charge < -0.3 is 14.4 Å². The number of carbonyl (C=O) groups is 1. The Hall–Kier alpha value is -2.46. The molecule has 0 unspecified atom stereocenters. The van der Waals surface area contributed by atoms with E-state index < -0.39 is 10.0 Å². The number of amides is 1. The molecule has 1 amide bonds. The molecule has 1 N–H and O–H groups in total. The van der Waals surface area contributed by atoms with Gasteiger partial charge in [-0.1, -0.05) is 24.3 Å². The van der Waals surface area contributed by atoms with Gasteiger partial charge >= 0.3 is 0 Å². The molecule has 0 aromatic heterocycles. The van der Waals surface area contributed by atoms with Crippen LogP contribution in [0.2, 0.25) is 0 Å². The van der Waals surface area contributed by atoms with E-state index in [-0.39, 0.29) is 22.9 Å². The van der Waals surface area contributed by atoms with Crippen LogP contribution in [0.25, 0.3) is 0 Å². The van der Waals surface area contributed by atoms with Crippen molar-refractivity contribution in [3.8, 4) is 5.75 Å². The SMILES string of the molecule is COc1ccc(S(=O)(=O)NCc2cccc(CN3CCCC3)c2)cc1C(=O)N1CCOCC1. The number of benzene rings is 2. The molecule has 9 heteroatoms. The van der Waals surface area contributed by atoms with Crippen LogP contribution >= 0.6 is 0 Å². The Balaban J connectivity index is 1.47. The van der Waals surface area contributed by atoms with Crippen LogP contribution in [0, 0.1) is 0 Å². The number of ether oxygens (including phenoxy) is 2. The van der Waals surface area contributed by atoms with Gasteiger partial charge in [0.1, 0.15) is 5.75 Å². The number of likely N-dealkylation sites (tertiary alicyclic amines) is 1. The van der Waals surface area contributed by atoms with Gasteiger partial charge in [-0.3, -0.25) is 9.69 Å². The highest BCUT2D eigenvalue weighted by Gasteiger charge is 2.24. The second kappa shape index (κ2) is 10.6. The predicted octanol–water partition coefficient (Wildman–Crippen LogP) is 2.24. The quantitative estimate of drug-likeness (QED) is 0.633. The van der Waals surface area contributed by atoms with Gasteiger partial charge in [0.2, 0.25) is 10.0 Å². The molecule has 2 aromatic carbocycles. The fourth-order valence-electron chi connectivity index (χ4n) is 4.26. The standard InChI is InChI=1S/C24H31N3O5S/c1-31-23-8-7-21(16-22(23)24(28)27-11-13-32-14-12-27)33(29,30)25-17-19-5-4-6-20(15-19)18-26-9-2-3-10-26/h4-8,15-16,25H,2-3,9-14,17-18H2,1H3. The lowest BCUT2D eigenvalue weighted by Crippen LogP contribution is -2.40. The van der Waals surface area contributed by atoms with Gasteiger partial charge in [0.15, 0.2) is 0 Å². The summed E-state index contributed by atoms with van der Waals surface area (Å²) in [5.74, 6) is 0.0851. The van der Waals surface area contributed by atoms with Crippen LogP contribution in [0.3, 0.4) is 0 Å².